The number of hydrogen-bond donors (Lipinski definition) is 2. The first kappa shape index (κ1) is 14.0. The third-order valence-electron chi connectivity index (χ3n) is 3.38. The molecule has 0 saturated heterocycles. The van der Waals surface area contributed by atoms with Crippen molar-refractivity contribution in [3.63, 3.8) is 0 Å². The Bertz CT molecular complexity index is 275. The van der Waals surface area contributed by atoms with Crippen molar-refractivity contribution < 1.29 is 14.7 Å². The zero-order chi connectivity index (χ0) is 12.8. The predicted octanol–water partition coefficient (Wildman–Crippen LogP) is 0.827. The van der Waals surface area contributed by atoms with Crippen LogP contribution >= 0.6 is 0 Å². The number of amides is 1. The Morgan fingerprint density at radius 2 is 1.94 bits per heavy atom. The lowest BCUT2D eigenvalue weighted by molar-refractivity contribution is -0.142. The van der Waals surface area contributed by atoms with Crippen LogP contribution in [0.25, 0.3) is 0 Å². The number of hydrogen-bond acceptors (Lipinski definition) is 3. The molecule has 1 saturated carbocycles. The highest BCUT2D eigenvalue weighted by Crippen LogP contribution is 2.23. The number of carboxylic acids is 1. The van der Waals surface area contributed by atoms with Gasteiger partial charge in [0.1, 0.15) is 0 Å². The van der Waals surface area contributed by atoms with Gasteiger partial charge in [-0.15, -0.1) is 0 Å². The molecule has 0 aromatic carbocycles. The fourth-order valence-electron chi connectivity index (χ4n) is 2.42. The Morgan fingerprint density at radius 3 is 2.41 bits per heavy atom. The van der Waals surface area contributed by atoms with Crippen LogP contribution in [0.15, 0.2) is 0 Å². The van der Waals surface area contributed by atoms with Crippen LogP contribution < -0.4 is 5.73 Å². The highest BCUT2D eigenvalue weighted by molar-refractivity contribution is 5.76. The van der Waals surface area contributed by atoms with Crippen molar-refractivity contribution in [2.45, 2.75) is 45.1 Å². The van der Waals surface area contributed by atoms with Gasteiger partial charge in [-0.2, -0.15) is 0 Å². The van der Waals surface area contributed by atoms with Crippen LogP contribution in [0.2, 0.25) is 0 Å². The van der Waals surface area contributed by atoms with Crippen LogP contribution in [-0.4, -0.2) is 41.0 Å². The van der Waals surface area contributed by atoms with Gasteiger partial charge in [-0.05, 0) is 12.8 Å². The van der Waals surface area contributed by atoms with Crippen molar-refractivity contribution in [3.8, 4) is 0 Å². The normalized spacial score (nSPS) is 19.2. The highest BCUT2D eigenvalue weighted by atomic mass is 16.4. The third-order valence-corrected chi connectivity index (χ3v) is 3.38. The molecule has 17 heavy (non-hydrogen) atoms. The van der Waals surface area contributed by atoms with Crippen molar-refractivity contribution in [1.82, 2.24) is 4.90 Å². The van der Waals surface area contributed by atoms with Gasteiger partial charge < -0.3 is 10.8 Å². The summed E-state index contributed by atoms with van der Waals surface area (Å²) in [5.74, 6) is -1.67. The number of nitrogens with zero attached hydrogens (tertiary/aromatic N) is 1. The number of rotatable bonds is 6. The molecule has 3 N–H and O–H groups in total. The van der Waals surface area contributed by atoms with Crippen molar-refractivity contribution in [3.05, 3.63) is 0 Å². The SMILES string of the molecule is CC(CN(CC(N)=O)C1CCCCC1)C(=O)O. The first-order valence-electron chi connectivity index (χ1n) is 6.26. The Balaban J connectivity index is 2.58. The van der Waals surface area contributed by atoms with E-state index in [-0.39, 0.29) is 12.5 Å². The minimum atomic E-state index is -0.824. The molecule has 0 bridgehead atoms. The minimum Gasteiger partial charge on any atom is -0.481 e. The molecule has 0 aromatic rings. The molecule has 1 aliphatic carbocycles. The molecule has 1 rings (SSSR count). The summed E-state index contributed by atoms with van der Waals surface area (Å²) in [6.07, 6.45) is 5.62. The molecule has 1 fully saturated rings. The Hall–Kier alpha value is -1.10. The van der Waals surface area contributed by atoms with Gasteiger partial charge in [-0.3, -0.25) is 14.5 Å². The summed E-state index contributed by atoms with van der Waals surface area (Å²) in [4.78, 5) is 23.8. The second-order valence-corrected chi connectivity index (χ2v) is 4.93. The van der Waals surface area contributed by atoms with E-state index in [1.165, 1.54) is 6.42 Å². The fourth-order valence-corrected chi connectivity index (χ4v) is 2.42. The van der Waals surface area contributed by atoms with Gasteiger partial charge in [0, 0.05) is 12.6 Å². The quantitative estimate of drug-likeness (QED) is 0.722. The molecule has 5 nitrogen and oxygen atoms in total. The van der Waals surface area contributed by atoms with Crippen LogP contribution in [0.3, 0.4) is 0 Å². The maximum atomic E-state index is 11.0. The third kappa shape index (κ3) is 4.73. The van der Waals surface area contributed by atoms with E-state index in [0.717, 1.165) is 25.7 Å². The van der Waals surface area contributed by atoms with Gasteiger partial charge in [0.2, 0.25) is 5.91 Å². The average Bonchev–Trinajstić information content (AvgIpc) is 2.28. The fraction of sp³-hybridized carbons (Fsp3) is 0.833. The maximum Gasteiger partial charge on any atom is 0.307 e. The number of primary amides is 1. The molecule has 98 valence electrons. The summed E-state index contributed by atoms with van der Waals surface area (Å²) in [7, 11) is 0. The van der Waals surface area contributed by atoms with Gasteiger partial charge in [0.25, 0.3) is 0 Å². The maximum absolute atomic E-state index is 11.0. The number of aliphatic carboxylic acids is 1. The predicted molar refractivity (Wildman–Crippen MR) is 64.4 cm³/mol. The van der Waals surface area contributed by atoms with Gasteiger partial charge in [0.15, 0.2) is 0 Å². The lowest BCUT2D eigenvalue weighted by Crippen LogP contribution is -2.45. The average molecular weight is 242 g/mol. The molecule has 0 aromatic heterocycles. The van der Waals surface area contributed by atoms with E-state index in [4.69, 9.17) is 10.8 Å². The molecule has 0 radical (unpaired) electrons. The molecule has 1 amide bonds. The van der Waals surface area contributed by atoms with Gasteiger partial charge in [-0.1, -0.05) is 26.2 Å². The monoisotopic (exact) mass is 242 g/mol. The Morgan fingerprint density at radius 1 is 1.35 bits per heavy atom. The standard InChI is InChI=1S/C12H22N2O3/c1-9(12(16)17)7-14(8-11(13)15)10-5-3-2-4-6-10/h9-10H,2-8H2,1H3,(H2,13,15)(H,16,17). The van der Waals surface area contributed by atoms with E-state index < -0.39 is 11.9 Å². The van der Waals surface area contributed by atoms with Crippen LogP contribution in [-0.2, 0) is 9.59 Å². The molecular formula is C12H22N2O3. The van der Waals surface area contributed by atoms with E-state index >= 15 is 0 Å². The summed E-state index contributed by atoms with van der Waals surface area (Å²) in [6.45, 7) is 2.24. The molecule has 5 heteroatoms. The molecule has 1 unspecified atom stereocenters. The zero-order valence-corrected chi connectivity index (χ0v) is 10.4. The van der Waals surface area contributed by atoms with E-state index in [9.17, 15) is 9.59 Å². The van der Waals surface area contributed by atoms with Gasteiger partial charge in [-0.25, -0.2) is 0 Å². The molecule has 1 aliphatic rings. The smallest absolute Gasteiger partial charge is 0.307 e. The molecule has 0 spiro atoms. The lowest BCUT2D eigenvalue weighted by atomic mass is 9.93. The minimum absolute atomic E-state index is 0.169. The van der Waals surface area contributed by atoms with E-state index in [2.05, 4.69) is 0 Å². The Labute approximate surface area is 102 Å². The molecule has 1 atom stereocenters. The van der Waals surface area contributed by atoms with Gasteiger partial charge in [0.05, 0.1) is 12.5 Å². The molecular weight excluding hydrogens is 220 g/mol. The topological polar surface area (TPSA) is 83.6 Å². The number of carbonyl (C=O) groups is 2. The van der Waals surface area contributed by atoms with E-state index in [0.29, 0.717) is 12.6 Å². The van der Waals surface area contributed by atoms with Crippen LogP contribution in [0.5, 0.6) is 0 Å². The van der Waals surface area contributed by atoms with E-state index in [1.54, 1.807) is 6.92 Å². The number of carbonyl (C=O) groups excluding carboxylic acids is 1. The Kier molecular flexibility index (Phi) is 5.41. The summed E-state index contributed by atoms with van der Waals surface area (Å²) >= 11 is 0. The van der Waals surface area contributed by atoms with Crippen molar-refractivity contribution in [1.29, 1.82) is 0 Å². The van der Waals surface area contributed by atoms with Crippen LogP contribution in [0.1, 0.15) is 39.0 Å². The number of nitrogens with two attached hydrogens (primary N) is 1. The number of carboxylic acid groups (broad SMARTS) is 1. The lowest BCUT2D eigenvalue weighted by Gasteiger charge is -2.34. The van der Waals surface area contributed by atoms with Crippen molar-refractivity contribution in [2.75, 3.05) is 13.1 Å². The molecule has 0 aliphatic heterocycles. The largest absolute Gasteiger partial charge is 0.481 e. The second-order valence-electron chi connectivity index (χ2n) is 4.93. The highest BCUT2D eigenvalue weighted by Gasteiger charge is 2.25. The summed E-state index contributed by atoms with van der Waals surface area (Å²) in [5.41, 5.74) is 5.22. The van der Waals surface area contributed by atoms with E-state index in [1.807, 2.05) is 4.90 Å². The van der Waals surface area contributed by atoms with Crippen LogP contribution in [0.4, 0.5) is 0 Å². The first-order chi connectivity index (χ1) is 8.00. The summed E-state index contributed by atoms with van der Waals surface area (Å²) < 4.78 is 0. The molecule has 0 heterocycles. The summed E-state index contributed by atoms with van der Waals surface area (Å²) in [5, 5.41) is 8.92. The van der Waals surface area contributed by atoms with Crippen molar-refractivity contribution in [2.24, 2.45) is 11.7 Å². The summed E-state index contributed by atoms with van der Waals surface area (Å²) in [6, 6.07) is 0.318. The first-order valence-corrected chi connectivity index (χ1v) is 6.26. The second kappa shape index (κ2) is 6.59. The van der Waals surface area contributed by atoms with Crippen molar-refractivity contribution >= 4 is 11.9 Å². The van der Waals surface area contributed by atoms with Gasteiger partial charge >= 0.3 is 5.97 Å². The zero-order valence-electron chi connectivity index (χ0n) is 10.4. The van der Waals surface area contributed by atoms with Crippen LogP contribution in [0, 0.1) is 5.92 Å².